The minimum absolute atomic E-state index is 0.0657. The average Bonchev–Trinajstić information content (AvgIpc) is 2.89. The van der Waals surface area contributed by atoms with Gasteiger partial charge in [0.15, 0.2) is 5.13 Å². The van der Waals surface area contributed by atoms with Crippen LogP contribution < -0.4 is 15.8 Å². The Morgan fingerprint density at radius 1 is 1.55 bits per heavy atom. The highest BCUT2D eigenvalue weighted by Crippen LogP contribution is 2.31. The molecular formula is C13H14ClN3O2S. The number of hydrogen-bond acceptors (Lipinski definition) is 5. The molecule has 0 radical (unpaired) electrons. The number of aromatic nitrogens is 1. The zero-order valence-corrected chi connectivity index (χ0v) is 12.4. The van der Waals surface area contributed by atoms with Gasteiger partial charge in [-0.15, -0.1) is 11.3 Å². The summed E-state index contributed by atoms with van der Waals surface area (Å²) >= 11 is 7.47. The van der Waals surface area contributed by atoms with Crippen molar-refractivity contribution in [2.24, 2.45) is 5.73 Å². The molecule has 20 heavy (non-hydrogen) atoms. The van der Waals surface area contributed by atoms with Gasteiger partial charge in [-0.1, -0.05) is 11.6 Å². The summed E-state index contributed by atoms with van der Waals surface area (Å²) in [6.07, 6.45) is 0. The lowest BCUT2D eigenvalue weighted by Gasteiger charge is -2.06. The van der Waals surface area contributed by atoms with Crippen LogP contribution in [0.15, 0.2) is 23.6 Å². The van der Waals surface area contributed by atoms with Crippen LogP contribution in [-0.4, -0.2) is 24.0 Å². The summed E-state index contributed by atoms with van der Waals surface area (Å²) in [5.41, 5.74) is 6.84. The molecule has 3 N–H and O–H groups in total. The summed E-state index contributed by atoms with van der Waals surface area (Å²) in [6.45, 7) is 2.39. The Bertz CT molecular complexity index is 615. The van der Waals surface area contributed by atoms with E-state index in [-0.39, 0.29) is 12.5 Å². The molecule has 0 saturated heterocycles. The van der Waals surface area contributed by atoms with E-state index >= 15 is 0 Å². The fourth-order valence-electron chi connectivity index (χ4n) is 1.57. The van der Waals surface area contributed by atoms with E-state index < -0.39 is 0 Å². The molecule has 0 saturated carbocycles. The number of nitrogens with one attached hydrogen (secondary N) is 1. The minimum atomic E-state index is -0.268. The van der Waals surface area contributed by atoms with Crippen molar-refractivity contribution < 1.29 is 9.53 Å². The maximum Gasteiger partial charge on any atom is 0.239 e. The maximum atomic E-state index is 11.2. The molecule has 0 unspecified atom stereocenters. The smallest absolute Gasteiger partial charge is 0.239 e. The second kappa shape index (κ2) is 6.69. The fraction of sp³-hybridized carbons (Fsp3) is 0.231. The monoisotopic (exact) mass is 311 g/mol. The van der Waals surface area contributed by atoms with E-state index in [0.29, 0.717) is 22.5 Å². The summed E-state index contributed by atoms with van der Waals surface area (Å²) in [7, 11) is 0. The number of nitrogens with two attached hydrogens (primary N) is 1. The van der Waals surface area contributed by atoms with Crippen molar-refractivity contribution in [3.8, 4) is 17.0 Å². The predicted octanol–water partition coefficient (Wildman–Crippen LogP) is 2.76. The zero-order valence-electron chi connectivity index (χ0n) is 10.9. The molecule has 2 rings (SSSR count). The van der Waals surface area contributed by atoms with Crippen LogP contribution in [0.5, 0.6) is 5.75 Å². The van der Waals surface area contributed by atoms with Crippen molar-refractivity contribution in [3.63, 3.8) is 0 Å². The number of halogens is 1. The van der Waals surface area contributed by atoms with Gasteiger partial charge in [0, 0.05) is 10.9 Å². The van der Waals surface area contributed by atoms with E-state index in [1.54, 1.807) is 12.1 Å². The number of thiazole rings is 1. The van der Waals surface area contributed by atoms with Gasteiger partial charge in [0.05, 0.1) is 23.9 Å². The van der Waals surface area contributed by atoms with Gasteiger partial charge in [-0.25, -0.2) is 4.98 Å². The van der Waals surface area contributed by atoms with Gasteiger partial charge in [0.1, 0.15) is 5.75 Å². The van der Waals surface area contributed by atoms with Crippen LogP contribution >= 0.6 is 22.9 Å². The largest absolute Gasteiger partial charge is 0.492 e. The van der Waals surface area contributed by atoms with Crippen molar-refractivity contribution in [2.45, 2.75) is 6.92 Å². The summed E-state index contributed by atoms with van der Waals surface area (Å²) in [4.78, 5) is 15.5. The lowest BCUT2D eigenvalue weighted by molar-refractivity contribution is -0.114. The average molecular weight is 312 g/mol. The number of ether oxygens (including phenoxy) is 1. The first-order valence-corrected chi connectivity index (χ1v) is 7.28. The van der Waals surface area contributed by atoms with Crippen molar-refractivity contribution in [2.75, 3.05) is 18.5 Å². The molecule has 0 bridgehead atoms. The summed E-state index contributed by atoms with van der Waals surface area (Å²) in [5, 5.41) is 5.51. The maximum absolute atomic E-state index is 11.2. The molecule has 0 aliphatic heterocycles. The zero-order chi connectivity index (χ0) is 14.5. The Kier molecular flexibility index (Phi) is 4.94. The van der Waals surface area contributed by atoms with Crippen LogP contribution in [0, 0.1) is 0 Å². The van der Waals surface area contributed by atoms with Gasteiger partial charge in [0.25, 0.3) is 0 Å². The van der Waals surface area contributed by atoms with E-state index in [1.165, 1.54) is 11.3 Å². The molecule has 0 aliphatic carbocycles. The number of carbonyl (C=O) groups excluding carboxylic acids is 1. The molecule has 0 fully saturated rings. The van der Waals surface area contributed by atoms with Crippen LogP contribution in [0.25, 0.3) is 11.3 Å². The Morgan fingerprint density at radius 3 is 3.00 bits per heavy atom. The van der Waals surface area contributed by atoms with Gasteiger partial charge >= 0.3 is 0 Å². The number of nitrogens with zero attached hydrogens (tertiary/aromatic N) is 1. The molecule has 7 heteroatoms. The van der Waals surface area contributed by atoms with Crippen LogP contribution in [0.4, 0.5) is 5.13 Å². The second-order valence-electron chi connectivity index (χ2n) is 3.87. The number of anilines is 1. The van der Waals surface area contributed by atoms with E-state index in [1.807, 2.05) is 18.4 Å². The molecule has 0 atom stereocenters. The van der Waals surface area contributed by atoms with Crippen molar-refractivity contribution in [3.05, 3.63) is 28.6 Å². The summed E-state index contributed by atoms with van der Waals surface area (Å²) in [5.74, 6) is 0.375. The fourth-order valence-corrected chi connectivity index (χ4v) is 2.54. The standard InChI is InChI=1S/C13H14ClN3O2S/c1-2-19-11-4-3-8(5-9(11)14)10-7-20-13(16-10)17-12(18)6-15/h3-5,7H,2,6,15H2,1H3,(H,16,17,18). The highest BCUT2D eigenvalue weighted by Gasteiger charge is 2.09. The number of amides is 1. The molecule has 5 nitrogen and oxygen atoms in total. The van der Waals surface area contributed by atoms with Gasteiger partial charge in [-0.3, -0.25) is 4.79 Å². The quantitative estimate of drug-likeness (QED) is 0.890. The Hall–Kier alpha value is -1.63. The third-order valence-electron chi connectivity index (χ3n) is 2.46. The van der Waals surface area contributed by atoms with Crippen LogP contribution in [0.2, 0.25) is 5.02 Å². The van der Waals surface area contributed by atoms with Gasteiger partial charge in [-0.05, 0) is 25.1 Å². The first-order chi connectivity index (χ1) is 9.63. The topological polar surface area (TPSA) is 77.2 Å². The molecule has 1 aromatic heterocycles. The van der Waals surface area contributed by atoms with Gasteiger partial charge in [-0.2, -0.15) is 0 Å². The number of rotatable bonds is 5. The predicted molar refractivity (Wildman–Crippen MR) is 81.4 cm³/mol. The first-order valence-electron chi connectivity index (χ1n) is 6.02. The lowest BCUT2D eigenvalue weighted by atomic mass is 10.2. The molecule has 0 spiro atoms. The number of hydrogen-bond donors (Lipinski definition) is 2. The van der Waals surface area contributed by atoms with E-state index in [9.17, 15) is 4.79 Å². The normalized spacial score (nSPS) is 10.3. The summed E-state index contributed by atoms with van der Waals surface area (Å²) in [6, 6.07) is 5.47. The second-order valence-corrected chi connectivity index (χ2v) is 5.13. The highest BCUT2D eigenvalue weighted by atomic mass is 35.5. The Labute approximate surface area is 125 Å². The van der Waals surface area contributed by atoms with Crippen LogP contribution in [0.1, 0.15) is 6.92 Å². The Morgan fingerprint density at radius 2 is 2.35 bits per heavy atom. The van der Waals surface area contributed by atoms with Gasteiger partial charge < -0.3 is 15.8 Å². The lowest BCUT2D eigenvalue weighted by Crippen LogP contribution is -2.21. The van der Waals surface area contributed by atoms with E-state index in [4.69, 9.17) is 22.1 Å². The van der Waals surface area contributed by atoms with Crippen molar-refractivity contribution >= 4 is 34.0 Å². The minimum Gasteiger partial charge on any atom is -0.492 e. The number of benzene rings is 1. The van der Waals surface area contributed by atoms with Crippen molar-refractivity contribution in [1.29, 1.82) is 0 Å². The molecule has 1 heterocycles. The third kappa shape index (κ3) is 3.47. The Balaban J connectivity index is 2.19. The molecule has 106 valence electrons. The third-order valence-corrected chi connectivity index (χ3v) is 3.52. The molecule has 2 aromatic rings. The van der Waals surface area contributed by atoms with Crippen LogP contribution in [0.3, 0.4) is 0 Å². The van der Waals surface area contributed by atoms with Crippen LogP contribution in [-0.2, 0) is 4.79 Å². The SMILES string of the molecule is CCOc1ccc(-c2csc(NC(=O)CN)n2)cc1Cl. The molecule has 1 amide bonds. The van der Waals surface area contributed by atoms with E-state index in [2.05, 4.69) is 10.3 Å². The van der Waals surface area contributed by atoms with Gasteiger partial charge in [0.2, 0.25) is 5.91 Å². The molecule has 0 aliphatic rings. The van der Waals surface area contributed by atoms with Crippen molar-refractivity contribution in [1.82, 2.24) is 4.98 Å². The first kappa shape index (κ1) is 14.8. The molecule has 1 aromatic carbocycles. The highest BCUT2D eigenvalue weighted by molar-refractivity contribution is 7.14. The summed E-state index contributed by atoms with van der Waals surface area (Å²) < 4.78 is 5.38. The van der Waals surface area contributed by atoms with E-state index in [0.717, 1.165) is 11.3 Å². The number of carbonyl (C=O) groups is 1. The molecular weight excluding hydrogens is 298 g/mol.